The van der Waals surface area contributed by atoms with Gasteiger partial charge in [-0.3, -0.25) is 4.79 Å². The van der Waals surface area contributed by atoms with Gasteiger partial charge in [-0.25, -0.2) is 8.42 Å². The van der Waals surface area contributed by atoms with E-state index < -0.39 is 15.3 Å². The highest BCUT2D eigenvalue weighted by molar-refractivity contribution is 7.89. The van der Waals surface area contributed by atoms with Crippen LogP contribution in [0.1, 0.15) is 45.1 Å². The Hall–Kier alpha value is -2.39. The first-order chi connectivity index (χ1) is 15.7. The van der Waals surface area contributed by atoms with Crippen LogP contribution in [0.5, 0.6) is 5.75 Å². The van der Waals surface area contributed by atoms with Gasteiger partial charge in [0.25, 0.3) is 0 Å². The maximum Gasteiger partial charge on any atom is 0.316 e. The lowest BCUT2D eigenvalue weighted by Gasteiger charge is -2.36. The maximum absolute atomic E-state index is 13.6. The van der Waals surface area contributed by atoms with Gasteiger partial charge in [-0.05, 0) is 64.2 Å². The van der Waals surface area contributed by atoms with Gasteiger partial charge in [-0.2, -0.15) is 14.1 Å². The van der Waals surface area contributed by atoms with Crippen molar-refractivity contribution in [3.8, 4) is 11.4 Å². The SMILES string of the molecule is Cc1cccc(-n2ncc(N3CCN(S(=O)(=O)C(C)C)CC3)c(OC34CCCC3C4)c2=O)c1. The lowest BCUT2D eigenvalue weighted by Crippen LogP contribution is -2.50. The van der Waals surface area contributed by atoms with Gasteiger partial charge in [0.05, 0.1) is 17.1 Å². The summed E-state index contributed by atoms with van der Waals surface area (Å²) in [5, 5.41) is 4.03. The third-order valence-electron chi connectivity index (χ3n) is 7.33. The summed E-state index contributed by atoms with van der Waals surface area (Å²) in [6, 6.07) is 7.70. The lowest BCUT2D eigenvalue weighted by atomic mass is 10.2. The molecule has 3 aliphatic rings. The number of benzene rings is 1. The second-order valence-electron chi connectivity index (χ2n) is 9.85. The predicted octanol–water partition coefficient (Wildman–Crippen LogP) is 2.72. The first-order valence-corrected chi connectivity index (χ1v) is 13.3. The molecule has 0 bridgehead atoms. The van der Waals surface area contributed by atoms with Gasteiger partial charge in [0.15, 0.2) is 0 Å². The predicted molar refractivity (Wildman–Crippen MR) is 128 cm³/mol. The molecule has 1 saturated heterocycles. The Morgan fingerprint density at radius 2 is 1.94 bits per heavy atom. The monoisotopic (exact) mass is 472 g/mol. The molecule has 178 valence electrons. The summed E-state index contributed by atoms with van der Waals surface area (Å²) in [6.45, 7) is 7.15. The summed E-state index contributed by atoms with van der Waals surface area (Å²) >= 11 is 0. The van der Waals surface area contributed by atoms with Crippen molar-refractivity contribution in [1.82, 2.24) is 14.1 Å². The molecule has 1 aromatic carbocycles. The summed E-state index contributed by atoms with van der Waals surface area (Å²) in [5.74, 6) is 0.870. The number of aryl methyl sites for hydroxylation is 1. The van der Waals surface area contributed by atoms with Crippen LogP contribution in [0.25, 0.3) is 5.69 Å². The molecule has 2 atom stereocenters. The highest BCUT2D eigenvalue weighted by atomic mass is 32.2. The van der Waals surface area contributed by atoms with Gasteiger partial charge < -0.3 is 9.64 Å². The third-order valence-corrected chi connectivity index (χ3v) is 9.61. The van der Waals surface area contributed by atoms with E-state index in [1.807, 2.05) is 36.1 Å². The second kappa shape index (κ2) is 8.13. The molecular weight excluding hydrogens is 440 g/mol. The molecule has 1 aliphatic heterocycles. The molecule has 2 aliphatic carbocycles. The van der Waals surface area contributed by atoms with E-state index >= 15 is 0 Å². The molecule has 2 aromatic rings. The smallest absolute Gasteiger partial charge is 0.316 e. The van der Waals surface area contributed by atoms with Gasteiger partial charge >= 0.3 is 5.56 Å². The van der Waals surface area contributed by atoms with E-state index in [2.05, 4.69) is 5.10 Å². The zero-order valence-corrected chi connectivity index (χ0v) is 20.3. The molecule has 8 nitrogen and oxygen atoms in total. The average Bonchev–Trinajstić information content (AvgIpc) is 3.33. The Kier molecular flexibility index (Phi) is 5.52. The molecule has 0 N–H and O–H groups in total. The van der Waals surface area contributed by atoms with E-state index in [1.54, 1.807) is 24.3 Å². The summed E-state index contributed by atoms with van der Waals surface area (Å²) in [4.78, 5) is 15.7. The van der Waals surface area contributed by atoms with E-state index in [0.717, 1.165) is 31.2 Å². The number of anilines is 1. The van der Waals surface area contributed by atoms with Crippen molar-refractivity contribution in [3.63, 3.8) is 0 Å². The molecule has 0 radical (unpaired) electrons. The Bertz CT molecular complexity index is 1220. The van der Waals surface area contributed by atoms with Crippen molar-refractivity contribution in [2.75, 3.05) is 31.1 Å². The van der Waals surface area contributed by atoms with Gasteiger partial charge in [0, 0.05) is 32.1 Å². The highest BCUT2D eigenvalue weighted by Gasteiger charge is 2.60. The van der Waals surface area contributed by atoms with Crippen LogP contribution in [-0.4, -0.2) is 59.5 Å². The molecule has 0 spiro atoms. The van der Waals surface area contributed by atoms with Crippen LogP contribution in [0.4, 0.5) is 5.69 Å². The minimum Gasteiger partial charge on any atom is -0.479 e. The Labute approximate surface area is 195 Å². The van der Waals surface area contributed by atoms with E-state index in [0.29, 0.717) is 49.2 Å². The zero-order chi connectivity index (χ0) is 23.4. The Morgan fingerprint density at radius 1 is 1.18 bits per heavy atom. The fourth-order valence-electron chi connectivity index (χ4n) is 5.23. The summed E-state index contributed by atoms with van der Waals surface area (Å²) in [7, 11) is -3.30. The molecule has 5 rings (SSSR count). The van der Waals surface area contributed by atoms with Gasteiger partial charge in [0.2, 0.25) is 15.8 Å². The number of hydrogen-bond acceptors (Lipinski definition) is 6. The molecule has 3 fully saturated rings. The molecule has 1 aromatic heterocycles. The largest absolute Gasteiger partial charge is 0.479 e. The molecule has 0 amide bonds. The van der Waals surface area contributed by atoms with Gasteiger partial charge in [0.1, 0.15) is 11.3 Å². The standard InChI is InChI=1S/C24H32N4O4S/c1-17(2)33(30,31)27-12-10-26(11-13-27)21-16-25-28(20-8-4-6-18(3)14-20)23(29)22(21)32-24-9-5-7-19(24)15-24/h4,6,8,14,16-17,19H,5,7,9-13,15H2,1-3H3. The molecule has 2 heterocycles. The number of sulfonamides is 1. The maximum atomic E-state index is 13.6. The summed E-state index contributed by atoms with van der Waals surface area (Å²) in [5.41, 5.74) is 1.94. The van der Waals surface area contributed by atoms with Gasteiger partial charge in [-0.15, -0.1) is 0 Å². The van der Waals surface area contributed by atoms with Crippen LogP contribution in [-0.2, 0) is 10.0 Å². The zero-order valence-electron chi connectivity index (χ0n) is 19.5. The van der Waals surface area contributed by atoms with Crippen LogP contribution in [0.3, 0.4) is 0 Å². The highest BCUT2D eigenvalue weighted by Crippen LogP contribution is 2.58. The number of piperazine rings is 1. The average molecular weight is 473 g/mol. The van der Waals surface area contributed by atoms with Crippen molar-refractivity contribution in [1.29, 1.82) is 0 Å². The minimum atomic E-state index is -3.30. The van der Waals surface area contributed by atoms with Crippen LogP contribution in [0.2, 0.25) is 0 Å². The van der Waals surface area contributed by atoms with E-state index in [-0.39, 0.29) is 11.2 Å². The molecule has 33 heavy (non-hydrogen) atoms. The number of rotatable bonds is 6. The number of hydrogen-bond donors (Lipinski definition) is 0. The summed E-state index contributed by atoms with van der Waals surface area (Å²) in [6.07, 6.45) is 5.96. The van der Waals surface area contributed by atoms with Crippen LogP contribution >= 0.6 is 0 Å². The molecule has 2 saturated carbocycles. The molecular formula is C24H32N4O4S. The van der Waals surface area contributed by atoms with E-state index in [9.17, 15) is 13.2 Å². The van der Waals surface area contributed by atoms with Crippen LogP contribution in [0, 0.1) is 12.8 Å². The van der Waals surface area contributed by atoms with E-state index in [4.69, 9.17) is 4.74 Å². The fraction of sp³-hybridized carbons (Fsp3) is 0.583. The van der Waals surface area contributed by atoms with Crippen molar-refractivity contribution < 1.29 is 13.2 Å². The second-order valence-corrected chi connectivity index (χ2v) is 12.3. The van der Waals surface area contributed by atoms with Crippen LogP contribution < -0.4 is 15.2 Å². The van der Waals surface area contributed by atoms with Crippen LogP contribution in [0.15, 0.2) is 35.3 Å². The minimum absolute atomic E-state index is 0.220. The number of aromatic nitrogens is 2. The Morgan fingerprint density at radius 3 is 2.55 bits per heavy atom. The molecule has 9 heteroatoms. The Balaban J connectivity index is 1.48. The van der Waals surface area contributed by atoms with E-state index in [1.165, 1.54) is 4.68 Å². The lowest BCUT2D eigenvalue weighted by molar-refractivity contribution is 0.167. The number of ether oxygens (including phenoxy) is 1. The fourth-order valence-corrected chi connectivity index (χ4v) is 6.50. The first-order valence-electron chi connectivity index (χ1n) is 11.8. The third kappa shape index (κ3) is 3.95. The van der Waals surface area contributed by atoms with Gasteiger partial charge in [-0.1, -0.05) is 12.1 Å². The van der Waals surface area contributed by atoms with Crippen molar-refractivity contribution in [2.45, 2.75) is 57.3 Å². The van der Waals surface area contributed by atoms with Crippen molar-refractivity contribution >= 4 is 15.7 Å². The number of fused-ring (bicyclic) bond motifs is 1. The summed E-state index contributed by atoms with van der Waals surface area (Å²) < 4.78 is 34.6. The van der Waals surface area contributed by atoms with Crippen molar-refractivity contribution in [2.24, 2.45) is 5.92 Å². The molecule has 2 unspecified atom stereocenters. The topological polar surface area (TPSA) is 84.7 Å². The normalized spacial score (nSPS) is 25.3. The van der Waals surface area contributed by atoms with Crippen molar-refractivity contribution in [3.05, 3.63) is 46.4 Å². The quantitative estimate of drug-likeness (QED) is 0.643. The first kappa shape index (κ1) is 22.4. The number of nitrogens with zero attached hydrogens (tertiary/aromatic N) is 4.